The second-order valence-corrected chi connectivity index (χ2v) is 10.8. The second kappa shape index (κ2) is 10.6. The first-order valence-electron chi connectivity index (χ1n) is 14.3. The predicted molar refractivity (Wildman–Crippen MR) is 164 cm³/mol. The van der Waals surface area contributed by atoms with Gasteiger partial charge < -0.3 is 11.1 Å². The summed E-state index contributed by atoms with van der Waals surface area (Å²) in [5.41, 5.74) is 9.89. The molecule has 1 unspecified atom stereocenters. The third-order valence-electron chi connectivity index (χ3n) is 8.32. The number of aromatic nitrogens is 7. The number of nitrogens with one attached hydrogen (secondary N) is 1. The van der Waals surface area contributed by atoms with Gasteiger partial charge >= 0.3 is 0 Å². The number of nitrogens with two attached hydrogens (primary N) is 1. The molecule has 6 aromatic rings. The Labute approximate surface area is 250 Å². The molecule has 0 bridgehead atoms. The molecule has 0 saturated heterocycles. The van der Waals surface area contributed by atoms with Crippen LogP contribution in [0, 0.1) is 5.82 Å². The number of amides is 1. The number of hydrogen-bond acceptors (Lipinski definition) is 8. The van der Waals surface area contributed by atoms with Crippen molar-refractivity contribution in [3.63, 3.8) is 0 Å². The number of rotatable bonds is 6. The zero-order valence-electron chi connectivity index (χ0n) is 24.0. The highest BCUT2D eigenvalue weighted by atomic mass is 19.1. The smallest absolute Gasteiger partial charge is 0.264 e. The fourth-order valence-corrected chi connectivity index (χ4v) is 5.82. The number of pyridine rings is 1. The fourth-order valence-electron chi connectivity index (χ4n) is 5.82. The van der Waals surface area contributed by atoms with Gasteiger partial charge in [0, 0.05) is 30.4 Å². The number of carbonyl (C=O) groups excluding carboxylic acids is 1. The minimum Gasteiger partial charge on any atom is -0.383 e. The molecular weight excluding hydrogens is 561 g/mol. The van der Waals surface area contributed by atoms with E-state index in [2.05, 4.69) is 20.3 Å². The summed E-state index contributed by atoms with van der Waals surface area (Å²) in [6.07, 6.45) is 5.62. The summed E-state index contributed by atoms with van der Waals surface area (Å²) < 4.78 is 18.1. The molecule has 1 saturated carbocycles. The molecule has 4 aromatic heterocycles. The molecule has 1 fully saturated rings. The molecule has 11 nitrogen and oxygen atoms in total. The van der Waals surface area contributed by atoms with Crippen LogP contribution < -0.4 is 16.6 Å². The Morgan fingerprint density at radius 3 is 2.55 bits per heavy atom. The van der Waals surface area contributed by atoms with Crippen molar-refractivity contribution in [1.29, 1.82) is 0 Å². The quantitative estimate of drug-likeness (QED) is 0.285. The van der Waals surface area contributed by atoms with Gasteiger partial charge in [0.2, 0.25) is 0 Å². The zero-order chi connectivity index (χ0) is 30.5. The lowest BCUT2D eigenvalue weighted by atomic mass is 9.92. The van der Waals surface area contributed by atoms with Gasteiger partial charge in [-0.3, -0.25) is 19.1 Å². The highest BCUT2D eigenvalue weighted by Crippen LogP contribution is 2.38. The summed E-state index contributed by atoms with van der Waals surface area (Å²) in [5.74, 6) is -0.0976. The molecule has 0 spiro atoms. The number of carbonyl (C=O) groups is 1. The van der Waals surface area contributed by atoms with Crippen LogP contribution in [-0.2, 0) is 0 Å². The van der Waals surface area contributed by atoms with Crippen molar-refractivity contribution in [2.45, 2.75) is 38.3 Å². The lowest BCUT2D eigenvalue weighted by Gasteiger charge is -2.31. The van der Waals surface area contributed by atoms with E-state index in [0.717, 1.165) is 30.4 Å². The lowest BCUT2D eigenvalue weighted by molar-refractivity contribution is 0.0963. The van der Waals surface area contributed by atoms with Gasteiger partial charge in [0.05, 0.1) is 16.6 Å². The molecule has 0 aliphatic heterocycles. The molecule has 7 rings (SSSR count). The minimum atomic E-state index is -0.592. The lowest BCUT2D eigenvalue weighted by Crippen LogP contribution is -2.35. The number of benzene rings is 2. The maximum atomic E-state index is 14.8. The van der Waals surface area contributed by atoms with E-state index in [1.54, 1.807) is 46.8 Å². The number of hydrogen-bond donors (Lipinski definition) is 2. The molecule has 1 amide bonds. The van der Waals surface area contributed by atoms with Gasteiger partial charge in [-0.2, -0.15) is 5.10 Å². The van der Waals surface area contributed by atoms with E-state index in [9.17, 15) is 14.0 Å². The van der Waals surface area contributed by atoms with Crippen molar-refractivity contribution in [2.75, 3.05) is 12.8 Å². The third-order valence-corrected chi connectivity index (χ3v) is 8.32. The topological polar surface area (TPSA) is 147 Å². The normalized spacial score (nSPS) is 14.1. The molecule has 12 heteroatoms. The number of anilines is 1. The molecule has 220 valence electrons. The van der Waals surface area contributed by atoms with Crippen LogP contribution >= 0.6 is 0 Å². The van der Waals surface area contributed by atoms with Gasteiger partial charge in [-0.15, -0.1) is 0 Å². The van der Waals surface area contributed by atoms with Crippen molar-refractivity contribution in [3.8, 4) is 22.5 Å². The van der Waals surface area contributed by atoms with Gasteiger partial charge in [0.15, 0.2) is 5.65 Å². The average Bonchev–Trinajstić information content (AvgIpc) is 3.41. The summed E-state index contributed by atoms with van der Waals surface area (Å²) >= 11 is 0. The predicted octanol–water partition coefficient (Wildman–Crippen LogP) is 4.68. The van der Waals surface area contributed by atoms with E-state index in [0.29, 0.717) is 33.8 Å². The van der Waals surface area contributed by atoms with E-state index < -0.39 is 17.4 Å². The number of halogens is 1. The highest BCUT2D eigenvalue weighted by Gasteiger charge is 2.31. The first-order chi connectivity index (χ1) is 21.4. The first-order valence-corrected chi connectivity index (χ1v) is 14.3. The zero-order valence-corrected chi connectivity index (χ0v) is 24.0. The van der Waals surface area contributed by atoms with E-state index in [4.69, 9.17) is 15.8 Å². The van der Waals surface area contributed by atoms with E-state index >= 15 is 0 Å². The van der Waals surface area contributed by atoms with Crippen molar-refractivity contribution >= 4 is 33.7 Å². The van der Waals surface area contributed by atoms with Gasteiger partial charge in [-0.1, -0.05) is 24.3 Å². The standard InChI is InChI=1S/C32H28FN9O2/c1-17(29-39-23-10-4-9-22(33)24(23)32(44)41(29)20-6-3-7-20)42-30-25(28(34)37-16-38-30)27(40-42)26-21(8-5-15-36-26)18-11-13-19(14-12-18)31(43)35-2/h4-5,8-17,20H,3,6-7H2,1-2H3,(H,35,43)(H2,34,37,38). The molecule has 0 radical (unpaired) electrons. The van der Waals surface area contributed by atoms with Gasteiger partial charge in [-0.25, -0.2) is 24.0 Å². The molecule has 4 heterocycles. The highest BCUT2D eigenvalue weighted by molar-refractivity contribution is 6.01. The van der Waals surface area contributed by atoms with Gasteiger partial charge in [0.1, 0.15) is 40.9 Å². The average molecular weight is 590 g/mol. The van der Waals surface area contributed by atoms with Crippen molar-refractivity contribution in [3.05, 3.63) is 94.7 Å². The Hall–Kier alpha value is -5.52. The van der Waals surface area contributed by atoms with Crippen molar-refractivity contribution in [1.82, 2.24) is 39.6 Å². The van der Waals surface area contributed by atoms with Gasteiger partial charge in [0.25, 0.3) is 11.5 Å². The summed E-state index contributed by atoms with van der Waals surface area (Å²) in [6, 6.07) is 14.7. The van der Waals surface area contributed by atoms with Crippen LogP contribution in [0.4, 0.5) is 10.2 Å². The van der Waals surface area contributed by atoms with Crippen LogP contribution in [0.15, 0.2) is 71.9 Å². The van der Waals surface area contributed by atoms with Crippen LogP contribution in [0.3, 0.4) is 0 Å². The Kier molecular flexibility index (Phi) is 6.60. The molecule has 1 atom stereocenters. The SMILES string of the molecule is CNC(=O)c1ccc(-c2cccnc2-c2nn(C(C)c3nc4cccc(F)c4c(=O)n3C3CCC3)c3ncnc(N)c23)cc1. The van der Waals surface area contributed by atoms with E-state index in [-0.39, 0.29) is 28.7 Å². The van der Waals surface area contributed by atoms with Crippen molar-refractivity contribution in [2.24, 2.45) is 0 Å². The number of nitrogen functional groups attached to an aromatic ring is 1. The molecular formula is C32H28FN9O2. The Morgan fingerprint density at radius 1 is 1.02 bits per heavy atom. The summed E-state index contributed by atoms with van der Waals surface area (Å²) in [4.78, 5) is 44.2. The second-order valence-electron chi connectivity index (χ2n) is 10.8. The van der Waals surface area contributed by atoms with E-state index in [1.807, 2.05) is 31.2 Å². The minimum absolute atomic E-state index is 0.0199. The summed E-state index contributed by atoms with van der Waals surface area (Å²) in [7, 11) is 1.58. The molecule has 44 heavy (non-hydrogen) atoms. The maximum absolute atomic E-state index is 14.8. The maximum Gasteiger partial charge on any atom is 0.264 e. The summed E-state index contributed by atoms with van der Waals surface area (Å²) in [5, 5.41) is 8.11. The summed E-state index contributed by atoms with van der Waals surface area (Å²) in [6.45, 7) is 1.88. The van der Waals surface area contributed by atoms with Crippen molar-refractivity contribution < 1.29 is 9.18 Å². The Bertz CT molecular complexity index is 2140. The monoisotopic (exact) mass is 589 g/mol. The van der Waals surface area contributed by atoms with Gasteiger partial charge in [-0.05, 0) is 62.1 Å². The number of nitrogens with zero attached hydrogens (tertiary/aromatic N) is 7. The Morgan fingerprint density at radius 2 is 1.82 bits per heavy atom. The molecule has 1 aliphatic carbocycles. The van der Waals surface area contributed by atoms with E-state index in [1.165, 1.54) is 12.4 Å². The Balaban J connectivity index is 1.42. The van der Waals surface area contributed by atoms with Crippen LogP contribution in [0.25, 0.3) is 44.5 Å². The molecule has 1 aliphatic rings. The molecule has 2 aromatic carbocycles. The molecule has 3 N–H and O–H groups in total. The third kappa shape index (κ3) is 4.29. The number of fused-ring (bicyclic) bond motifs is 2. The fraction of sp³-hybridized carbons (Fsp3) is 0.219. The first kappa shape index (κ1) is 27.3. The van der Waals surface area contributed by atoms with Crippen LogP contribution in [-0.4, -0.2) is 47.2 Å². The van der Waals surface area contributed by atoms with Crippen LogP contribution in [0.2, 0.25) is 0 Å². The van der Waals surface area contributed by atoms with Crippen LogP contribution in [0.5, 0.6) is 0 Å². The largest absolute Gasteiger partial charge is 0.383 e. The van der Waals surface area contributed by atoms with Crippen LogP contribution in [0.1, 0.15) is 54.5 Å².